The monoisotopic (exact) mass is 409 g/mol. The molecule has 30 heavy (non-hydrogen) atoms. The fourth-order valence-corrected chi connectivity index (χ4v) is 4.01. The second-order valence-corrected chi connectivity index (χ2v) is 7.64. The summed E-state index contributed by atoms with van der Waals surface area (Å²) in [4.78, 5) is 18.1. The van der Waals surface area contributed by atoms with E-state index in [4.69, 9.17) is 0 Å². The van der Waals surface area contributed by atoms with Crippen LogP contribution in [0.15, 0.2) is 60.3 Å². The van der Waals surface area contributed by atoms with Crippen LogP contribution in [0.3, 0.4) is 0 Å². The number of rotatable bonds is 6. The first kappa shape index (κ1) is 20.1. The van der Waals surface area contributed by atoms with Crippen LogP contribution < -0.4 is 5.32 Å². The van der Waals surface area contributed by atoms with Gasteiger partial charge in [0.1, 0.15) is 17.3 Å². The molecule has 0 fully saturated rings. The number of benzene rings is 2. The van der Waals surface area contributed by atoms with Crippen molar-refractivity contribution in [2.24, 2.45) is 0 Å². The van der Waals surface area contributed by atoms with Crippen LogP contribution in [0.25, 0.3) is 10.9 Å². The SMILES string of the molecule is CCN(C(=O)c1cc2cc(F)ccc2[nH]1)[C@@H]1C=C(NCc2ccc(F)cc2)CCC1. The van der Waals surface area contributed by atoms with Gasteiger partial charge in [-0.1, -0.05) is 12.1 Å². The Bertz CT molecular complexity index is 1070. The normalized spacial score (nSPS) is 16.4. The van der Waals surface area contributed by atoms with Crippen molar-refractivity contribution in [2.45, 2.75) is 38.8 Å². The maximum absolute atomic E-state index is 13.5. The second-order valence-electron chi connectivity index (χ2n) is 7.64. The Morgan fingerprint density at radius 3 is 2.67 bits per heavy atom. The highest BCUT2D eigenvalue weighted by Gasteiger charge is 2.25. The minimum Gasteiger partial charge on any atom is -0.384 e. The Morgan fingerprint density at radius 1 is 1.13 bits per heavy atom. The zero-order valence-electron chi connectivity index (χ0n) is 16.9. The van der Waals surface area contributed by atoms with Gasteiger partial charge < -0.3 is 15.2 Å². The molecule has 1 heterocycles. The van der Waals surface area contributed by atoms with E-state index in [0.717, 1.165) is 36.0 Å². The summed E-state index contributed by atoms with van der Waals surface area (Å²) < 4.78 is 26.6. The van der Waals surface area contributed by atoms with Crippen molar-refractivity contribution in [1.82, 2.24) is 15.2 Å². The van der Waals surface area contributed by atoms with Crippen molar-refractivity contribution < 1.29 is 13.6 Å². The highest BCUT2D eigenvalue weighted by Crippen LogP contribution is 2.24. The summed E-state index contributed by atoms with van der Waals surface area (Å²) in [5, 5.41) is 4.11. The molecule has 2 N–H and O–H groups in total. The molecule has 0 spiro atoms. The molecule has 156 valence electrons. The van der Waals surface area contributed by atoms with Crippen LogP contribution in [0.1, 0.15) is 42.2 Å². The molecule has 1 atom stereocenters. The first-order chi connectivity index (χ1) is 14.5. The molecule has 1 aliphatic carbocycles. The van der Waals surface area contributed by atoms with Crippen molar-refractivity contribution in [3.05, 3.63) is 83.2 Å². The first-order valence-electron chi connectivity index (χ1n) is 10.3. The van der Waals surface area contributed by atoms with Crippen molar-refractivity contribution >= 4 is 16.8 Å². The number of aromatic amines is 1. The number of nitrogens with one attached hydrogen (secondary N) is 2. The smallest absolute Gasteiger partial charge is 0.270 e. The fraction of sp³-hybridized carbons (Fsp3) is 0.292. The van der Waals surface area contributed by atoms with E-state index in [1.54, 1.807) is 24.3 Å². The lowest BCUT2D eigenvalue weighted by atomic mass is 9.98. The molecule has 3 aromatic rings. The second kappa shape index (κ2) is 8.69. The van der Waals surface area contributed by atoms with Gasteiger partial charge in [-0.2, -0.15) is 0 Å². The number of amides is 1. The number of allylic oxidation sites excluding steroid dienone is 1. The van der Waals surface area contributed by atoms with E-state index in [9.17, 15) is 13.6 Å². The third-order valence-corrected chi connectivity index (χ3v) is 5.59. The predicted octanol–water partition coefficient (Wildman–Crippen LogP) is 5.13. The average Bonchev–Trinajstić information content (AvgIpc) is 3.17. The van der Waals surface area contributed by atoms with Gasteiger partial charge >= 0.3 is 0 Å². The van der Waals surface area contributed by atoms with E-state index in [1.807, 2.05) is 11.8 Å². The number of nitrogens with zero attached hydrogens (tertiary/aromatic N) is 1. The van der Waals surface area contributed by atoms with Crippen LogP contribution in [0.2, 0.25) is 0 Å². The number of fused-ring (bicyclic) bond motifs is 1. The molecule has 1 aromatic heterocycles. The molecule has 0 saturated carbocycles. The Balaban J connectivity index is 1.48. The molecule has 0 aliphatic heterocycles. The maximum atomic E-state index is 13.5. The van der Waals surface area contributed by atoms with E-state index in [0.29, 0.717) is 24.2 Å². The lowest BCUT2D eigenvalue weighted by Gasteiger charge is -2.32. The molecule has 1 aliphatic rings. The number of H-pyrrole nitrogens is 1. The summed E-state index contributed by atoms with van der Waals surface area (Å²) in [5.41, 5.74) is 3.32. The topological polar surface area (TPSA) is 48.1 Å². The molecule has 0 unspecified atom stereocenters. The Hall–Kier alpha value is -3.15. The quantitative estimate of drug-likeness (QED) is 0.593. The minimum atomic E-state index is -0.320. The number of carbonyl (C=O) groups is 1. The molecule has 2 aromatic carbocycles. The van der Waals surface area contributed by atoms with Crippen LogP contribution >= 0.6 is 0 Å². The Labute approximate surface area is 174 Å². The number of hydrogen-bond acceptors (Lipinski definition) is 2. The van der Waals surface area contributed by atoms with Crippen LogP contribution in [0, 0.1) is 11.6 Å². The van der Waals surface area contributed by atoms with Crippen LogP contribution in [0.5, 0.6) is 0 Å². The molecule has 6 heteroatoms. The molecular formula is C24H25F2N3O. The molecular weight excluding hydrogens is 384 g/mol. The lowest BCUT2D eigenvalue weighted by Crippen LogP contribution is -2.41. The first-order valence-corrected chi connectivity index (χ1v) is 10.3. The molecule has 4 rings (SSSR count). The van der Waals surface area contributed by atoms with Gasteiger partial charge in [-0.05, 0) is 74.2 Å². The van der Waals surface area contributed by atoms with Gasteiger partial charge in [-0.25, -0.2) is 8.78 Å². The van der Waals surface area contributed by atoms with Crippen molar-refractivity contribution in [2.75, 3.05) is 6.54 Å². The lowest BCUT2D eigenvalue weighted by molar-refractivity contribution is 0.0706. The average molecular weight is 409 g/mol. The Kier molecular flexibility index (Phi) is 5.84. The summed E-state index contributed by atoms with van der Waals surface area (Å²) >= 11 is 0. The van der Waals surface area contributed by atoms with Crippen molar-refractivity contribution in [1.29, 1.82) is 0 Å². The van der Waals surface area contributed by atoms with E-state index in [2.05, 4.69) is 16.4 Å². The predicted molar refractivity (Wildman–Crippen MR) is 114 cm³/mol. The molecule has 0 saturated heterocycles. The molecule has 0 radical (unpaired) electrons. The van der Waals surface area contributed by atoms with Crippen LogP contribution in [-0.2, 0) is 6.54 Å². The number of aromatic nitrogens is 1. The number of likely N-dealkylation sites (N-methyl/N-ethyl adjacent to an activating group) is 1. The zero-order chi connectivity index (χ0) is 21.1. The highest BCUT2D eigenvalue weighted by atomic mass is 19.1. The highest BCUT2D eigenvalue weighted by molar-refractivity contribution is 5.98. The van der Waals surface area contributed by atoms with Gasteiger partial charge in [0.05, 0.1) is 6.04 Å². The number of carbonyl (C=O) groups excluding carboxylic acids is 1. The molecule has 1 amide bonds. The molecule has 4 nitrogen and oxygen atoms in total. The van der Waals surface area contributed by atoms with Crippen molar-refractivity contribution in [3.8, 4) is 0 Å². The van der Waals surface area contributed by atoms with E-state index < -0.39 is 0 Å². The number of hydrogen-bond donors (Lipinski definition) is 2. The molecule has 0 bridgehead atoms. The summed E-state index contributed by atoms with van der Waals surface area (Å²) in [6.07, 6.45) is 4.93. The van der Waals surface area contributed by atoms with Gasteiger partial charge in [0, 0.05) is 29.7 Å². The summed E-state index contributed by atoms with van der Waals surface area (Å²) in [6, 6.07) is 12.6. The zero-order valence-corrected chi connectivity index (χ0v) is 16.9. The van der Waals surface area contributed by atoms with E-state index >= 15 is 0 Å². The summed E-state index contributed by atoms with van der Waals surface area (Å²) in [7, 11) is 0. The van der Waals surface area contributed by atoms with Gasteiger partial charge in [-0.15, -0.1) is 0 Å². The van der Waals surface area contributed by atoms with Gasteiger partial charge in [-0.3, -0.25) is 4.79 Å². The van der Waals surface area contributed by atoms with E-state index in [1.165, 1.54) is 24.3 Å². The standard InChI is InChI=1S/C24H25F2N3O/c1-2-29(24(30)23-13-17-12-19(26)10-11-22(17)28-23)21-5-3-4-20(14-21)27-15-16-6-8-18(25)9-7-16/h6-14,21,27-28H,2-5,15H2,1H3/t21-/m0/s1. The van der Waals surface area contributed by atoms with Gasteiger partial charge in [0.2, 0.25) is 0 Å². The van der Waals surface area contributed by atoms with Crippen LogP contribution in [0.4, 0.5) is 8.78 Å². The third kappa shape index (κ3) is 4.37. The van der Waals surface area contributed by atoms with Crippen LogP contribution in [-0.4, -0.2) is 28.4 Å². The largest absolute Gasteiger partial charge is 0.384 e. The van der Waals surface area contributed by atoms with E-state index in [-0.39, 0.29) is 23.6 Å². The maximum Gasteiger partial charge on any atom is 0.270 e. The summed E-state index contributed by atoms with van der Waals surface area (Å²) in [5.74, 6) is -0.650. The minimum absolute atomic E-state index is 0.00452. The Morgan fingerprint density at radius 2 is 1.90 bits per heavy atom. The van der Waals surface area contributed by atoms with Crippen molar-refractivity contribution in [3.63, 3.8) is 0 Å². The van der Waals surface area contributed by atoms with Gasteiger partial charge in [0.25, 0.3) is 5.91 Å². The summed E-state index contributed by atoms with van der Waals surface area (Å²) in [6.45, 7) is 3.16. The van der Waals surface area contributed by atoms with Gasteiger partial charge in [0.15, 0.2) is 0 Å². The third-order valence-electron chi connectivity index (χ3n) is 5.59. The fourth-order valence-electron chi connectivity index (χ4n) is 4.01. The number of halogens is 2.